The molecule has 0 unspecified atom stereocenters. The molecule has 0 aliphatic heterocycles. The van der Waals surface area contributed by atoms with Crippen LogP contribution in [0.2, 0.25) is 0 Å². The molecule has 0 saturated heterocycles. The summed E-state index contributed by atoms with van der Waals surface area (Å²) in [5, 5.41) is 2.02. The first-order chi connectivity index (χ1) is 26.8. The highest BCUT2D eigenvalue weighted by molar-refractivity contribution is 6.13. The van der Waals surface area contributed by atoms with Gasteiger partial charge in [-0.25, -0.2) is 19.9 Å². The summed E-state index contributed by atoms with van der Waals surface area (Å²) in [6, 6.07) is 67.1. The number of hydrogen-bond donors (Lipinski definition) is 0. The largest absolute Gasteiger partial charge is 0.245 e. The number of aromatic nitrogens is 4. The van der Waals surface area contributed by atoms with Crippen molar-refractivity contribution in [1.82, 2.24) is 19.9 Å². The van der Waals surface area contributed by atoms with E-state index in [-0.39, 0.29) is 0 Å². The minimum Gasteiger partial charge on any atom is -0.245 e. The Morgan fingerprint density at radius 3 is 1.43 bits per heavy atom. The lowest BCUT2D eigenvalue weighted by atomic mass is 9.95. The van der Waals surface area contributed by atoms with Gasteiger partial charge >= 0.3 is 0 Å². The average molecular weight is 689 g/mol. The highest BCUT2D eigenvalue weighted by atomic mass is 14.8. The van der Waals surface area contributed by atoms with Gasteiger partial charge in [0.25, 0.3) is 0 Å². The molecule has 4 nitrogen and oxygen atoms in total. The molecule has 252 valence electrons. The second kappa shape index (κ2) is 13.4. The molecule has 7 aromatic carbocycles. The van der Waals surface area contributed by atoms with Gasteiger partial charge in [-0.15, -0.1) is 0 Å². The van der Waals surface area contributed by atoms with E-state index >= 15 is 0 Å². The summed E-state index contributed by atoms with van der Waals surface area (Å²) < 4.78 is 0. The van der Waals surface area contributed by atoms with Crippen LogP contribution in [0.4, 0.5) is 0 Å². The van der Waals surface area contributed by atoms with Crippen molar-refractivity contribution in [2.75, 3.05) is 0 Å². The Hall–Kier alpha value is -7.30. The van der Waals surface area contributed by atoms with Gasteiger partial charge in [-0.3, -0.25) is 0 Å². The number of hydrogen-bond acceptors (Lipinski definition) is 4. The Kier molecular flexibility index (Phi) is 7.77. The van der Waals surface area contributed by atoms with Crippen LogP contribution in [0, 0.1) is 0 Å². The summed E-state index contributed by atoms with van der Waals surface area (Å²) in [5.41, 5.74) is 15.4. The summed E-state index contributed by atoms with van der Waals surface area (Å²) in [4.78, 5) is 21.4. The number of fused-ring (bicyclic) bond motifs is 4. The van der Waals surface area contributed by atoms with Gasteiger partial charge in [0.15, 0.2) is 0 Å². The van der Waals surface area contributed by atoms with E-state index in [2.05, 4.69) is 146 Å². The third kappa shape index (κ3) is 5.67. The normalized spacial score (nSPS) is 11.3. The van der Waals surface area contributed by atoms with E-state index in [1.165, 1.54) is 5.56 Å². The van der Waals surface area contributed by atoms with Crippen LogP contribution in [0.5, 0.6) is 0 Å². The molecule has 3 heterocycles. The molecule has 4 heteroatoms. The minimum atomic E-state index is 0.828. The zero-order valence-corrected chi connectivity index (χ0v) is 29.3. The smallest absolute Gasteiger partial charge is 0.0978 e. The highest BCUT2D eigenvalue weighted by Gasteiger charge is 2.19. The van der Waals surface area contributed by atoms with Crippen molar-refractivity contribution in [3.05, 3.63) is 194 Å². The number of nitrogens with zero attached hydrogens (tertiary/aromatic N) is 4. The summed E-state index contributed by atoms with van der Waals surface area (Å²) in [6.45, 7) is 0. The lowest BCUT2D eigenvalue weighted by molar-refractivity contribution is 1.29. The molecule has 0 aliphatic carbocycles. The van der Waals surface area contributed by atoms with E-state index < -0.39 is 0 Å². The number of para-hydroxylation sites is 1. The number of pyridine rings is 2. The third-order valence-electron chi connectivity index (χ3n) is 10.1. The van der Waals surface area contributed by atoms with Gasteiger partial charge in [0, 0.05) is 38.6 Å². The fourth-order valence-electron chi connectivity index (χ4n) is 7.37. The molecule has 54 heavy (non-hydrogen) atoms. The predicted molar refractivity (Wildman–Crippen MR) is 223 cm³/mol. The second-order valence-corrected chi connectivity index (χ2v) is 13.4. The third-order valence-corrected chi connectivity index (χ3v) is 10.1. The summed E-state index contributed by atoms with van der Waals surface area (Å²) in [6.07, 6.45) is 0. The molecule has 0 saturated carbocycles. The summed E-state index contributed by atoms with van der Waals surface area (Å²) >= 11 is 0. The Morgan fingerprint density at radius 1 is 0.278 bits per heavy atom. The molecule has 3 aromatic heterocycles. The zero-order chi connectivity index (χ0) is 35.8. The molecule has 0 amide bonds. The fourth-order valence-corrected chi connectivity index (χ4v) is 7.37. The molecule has 0 bridgehead atoms. The standard InChI is InChI=1S/C50H32N4/c1-5-14-33(15-6-1)34-24-26-38(27-25-34)46-47(37-20-11-4-12-21-37)54-49-40(22-13-23-45(49)53-46)42-32-39-28-30-43(35-16-7-2-8-17-35)51-48(39)50-41(42)29-31-44(52-50)36-18-9-3-10-19-36/h1-32H. The Labute approximate surface area is 313 Å². The van der Waals surface area contributed by atoms with Gasteiger partial charge in [-0.1, -0.05) is 164 Å². The van der Waals surface area contributed by atoms with Crippen molar-refractivity contribution < 1.29 is 0 Å². The van der Waals surface area contributed by atoms with E-state index in [9.17, 15) is 0 Å². The van der Waals surface area contributed by atoms with Crippen LogP contribution in [0.3, 0.4) is 0 Å². The van der Waals surface area contributed by atoms with Gasteiger partial charge in [0.05, 0.1) is 44.8 Å². The van der Waals surface area contributed by atoms with E-state index in [0.717, 1.165) is 94.6 Å². The number of rotatable bonds is 6. The maximum atomic E-state index is 5.49. The number of benzene rings is 7. The first kappa shape index (κ1) is 31.4. The Bertz CT molecular complexity index is 2950. The van der Waals surface area contributed by atoms with E-state index in [4.69, 9.17) is 19.9 Å². The van der Waals surface area contributed by atoms with Crippen LogP contribution in [0.1, 0.15) is 0 Å². The molecule has 10 rings (SSSR count). The fraction of sp³-hybridized carbons (Fsp3) is 0. The summed E-state index contributed by atoms with van der Waals surface area (Å²) in [7, 11) is 0. The molecule has 0 atom stereocenters. The molecule has 0 spiro atoms. The van der Waals surface area contributed by atoms with Crippen molar-refractivity contribution in [1.29, 1.82) is 0 Å². The Morgan fingerprint density at radius 2 is 0.778 bits per heavy atom. The lowest BCUT2D eigenvalue weighted by Crippen LogP contribution is -1.98. The van der Waals surface area contributed by atoms with Crippen LogP contribution in [0.25, 0.3) is 100 Å². The van der Waals surface area contributed by atoms with Gasteiger partial charge in [0.1, 0.15) is 0 Å². The molecule has 0 aliphatic rings. The maximum absolute atomic E-state index is 5.49. The quantitative estimate of drug-likeness (QED) is 0.163. The van der Waals surface area contributed by atoms with E-state index in [1.54, 1.807) is 0 Å². The molecule has 0 N–H and O–H groups in total. The van der Waals surface area contributed by atoms with Crippen molar-refractivity contribution in [2.24, 2.45) is 0 Å². The van der Waals surface area contributed by atoms with Gasteiger partial charge in [-0.05, 0) is 47.0 Å². The molecule has 0 fully saturated rings. The molecule has 0 radical (unpaired) electrons. The second-order valence-electron chi connectivity index (χ2n) is 13.4. The predicted octanol–water partition coefficient (Wildman–Crippen LogP) is 12.7. The topological polar surface area (TPSA) is 51.6 Å². The van der Waals surface area contributed by atoms with Crippen LogP contribution in [-0.4, -0.2) is 19.9 Å². The lowest BCUT2D eigenvalue weighted by Gasteiger charge is -2.16. The van der Waals surface area contributed by atoms with Crippen molar-refractivity contribution in [2.45, 2.75) is 0 Å². The van der Waals surface area contributed by atoms with Crippen molar-refractivity contribution in [3.8, 4) is 67.3 Å². The summed E-state index contributed by atoms with van der Waals surface area (Å²) in [5.74, 6) is 0. The van der Waals surface area contributed by atoms with Crippen LogP contribution >= 0.6 is 0 Å². The zero-order valence-electron chi connectivity index (χ0n) is 29.3. The minimum absolute atomic E-state index is 0.828. The molecular formula is C50H32N4. The van der Waals surface area contributed by atoms with Crippen LogP contribution in [0.15, 0.2) is 194 Å². The molecular weight excluding hydrogens is 657 g/mol. The van der Waals surface area contributed by atoms with Crippen molar-refractivity contribution in [3.63, 3.8) is 0 Å². The van der Waals surface area contributed by atoms with Gasteiger partial charge in [-0.2, -0.15) is 0 Å². The monoisotopic (exact) mass is 688 g/mol. The van der Waals surface area contributed by atoms with E-state index in [1.807, 2.05) is 48.5 Å². The average Bonchev–Trinajstić information content (AvgIpc) is 3.26. The Balaban J connectivity index is 1.20. The van der Waals surface area contributed by atoms with Gasteiger partial charge in [0.2, 0.25) is 0 Å². The highest BCUT2D eigenvalue weighted by Crippen LogP contribution is 2.40. The first-order valence-corrected chi connectivity index (χ1v) is 18.1. The van der Waals surface area contributed by atoms with Crippen molar-refractivity contribution >= 4 is 32.8 Å². The van der Waals surface area contributed by atoms with Gasteiger partial charge < -0.3 is 0 Å². The maximum Gasteiger partial charge on any atom is 0.0978 e. The first-order valence-electron chi connectivity index (χ1n) is 18.1. The van der Waals surface area contributed by atoms with E-state index in [0.29, 0.717) is 0 Å². The SMILES string of the molecule is c1ccc(-c2ccc(-c3nc4cccc(-c5cc6ccc(-c7ccccc7)nc6c6nc(-c7ccccc7)ccc56)c4nc3-c3ccccc3)cc2)cc1. The van der Waals surface area contributed by atoms with Crippen LogP contribution in [-0.2, 0) is 0 Å². The molecule has 10 aromatic rings. The van der Waals surface area contributed by atoms with Crippen LogP contribution < -0.4 is 0 Å².